The lowest BCUT2D eigenvalue weighted by molar-refractivity contribution is 0.102. The number of carbonyl (C=O) groups excluding carboxylic acids is 1. The maximum absolute atomic E-state index is 14.0. The zero-order valence-electron chi connectivity index (χ0n) is 16.4. The molecule has 156 valence electrons. The topological polar surface area (TPSA) is 80.9 Å². The third-order valence-electron chi connectivity index (χ3n) is 5.44. The lowest BCUT2D eigenvalue weighted by Crippen LogP contribution is -2.31. The first-order chi connectivity index (χ1) is 14.4. The molecule has 4 rings (SSSR count). The number of pyridine rings is 1. The molecule has 30 heavy (non-hydrogen) atoms. The van der Waals surface area contributed by atoms with Crippen LogP contribution in [-0.4, -0.2) is 21.9 Å². The summed E-state index contributed by atoms with van der Waals surface area (Å²) in [4.78, 5) is 21.1. The van der Waals surface area contributed by atoms with Gasteiger partial charge in [0.05, 0.1) is 17.4 Å². The Morgan fingerprint density at radius 1 is 1.20 bits per heavy atom. The Morgan fingerprint density at radius 3 is 2.70 bits per heavy atom. The minimum atomic E-state index is -0.714. The highest BCUT2D eigenvalue weighted by atomic mass is 32.1. The van der Waals surface area contributed by atoms with E-state index in [1.165, 1.54) is 11.4 Å². The summed E-state index contributed by atoms with van der Waals surface area (Å²) in [6.07, 6.45) is 6.16. The molecule has 3 aromatic rings. The Hall–Kier alpha value is -2.71. The van der Waals surface area contributed by atoms with Crippen LogP contribution in [0, 0.1) is 17.6 Å². The smallest absolute Gasteiger partial charge is 0.275 e. The Bertz CT molecular complexity index is 1040. The van der Waals surface area contributed by atoms with Crippen LogP contribution in [0.2, 0.25) is 0 Å². The van der Waals surface area contributed by atoms with E-state index >= 15 is 0 Å². The summed E-state index contributed by atoms with van der Waals surface area (Å²) in [5.41, 5.74) is 7.68. The number of nitrogens with zero attached hydrogens (tertiary/aromatic N) is 2. The van der Waals surface area contributed by atoms with Gasteiger partial charge in [0, 0.05) is 17.6 Å². The summed E-state index contributed by atoms with van der Waals surface area (Å²) in [6.45, 7) is 2.18. The Labute approximate surface area is 177 Å². The number of anilines is 1. The molecular formula is C22H22F2N4OS. The van der Waals surface area contributed by atoms with Gasteiger partial charge in [-0.1, -0.05) is 13.0 Å². The van der Waals surface area contributed by atoms with Gasteiger partial charge in [-0.3, -0.25) is 9.78 Å². The van der Waals surface area contributed by atoms with Crippen molar-refractivity contribution in [3.8, 4) is 10.6 Å². The van der Waals surface area contributed by atoms with Crippen molar-refractivity contribution in [2.75, 3.05) is 5.32 Å². The van der Waals surface area contributed by atoms with Gasteiger partial charge in [0.1, 0.15) is 22.3 Å². The normalized spacial score (nSPS) is 21.4. The number of benzene rings is 1. The first-order valence-electron chi connectivity index (χ1n) is 9.83. The standard InChI is InChI=1S/C22H22F2N4OS/c1-12-7-13(9-14(25)8-12)15-5-6-26-10-18(15)27-21(29)19-11-30-22(28-19)20-16(23)3-2-4-17(20)24/h2-6,10-14H,7-9,25H2,1H3,(H,27,29)/t12-,13+,14-/m0/s1. The maximum atomic E-state index is 14.0. The number of amides is 1. The van der Waals surface area contributed by atoms with E-state index < -0.39 is 17.5 Å². The molecule has 2 heterocycles. The van der Waals surface area contributed by atoms with Gasteiger partial charge in [0.15, 0.2) is 0 Å². The summed E-state index contributed by atoms with van der Waals surface area (Å²) in [5.74, 6) is -1.13. The van der Waals surface area contributed by atoms with Crippen molar-refractivity contribution in [2.45, 2.75) is 38.1 Å². The number of nitrogens with two attached hydrogens (primary N) is 1. The fraction of sp³-hybridized carbons (Fsp3) is 0.318. The van der Waals surface area contributed by atoms with Gasteiger partial charge in [-0.05, 0) is 54.9 Å². The molecule has 1 fully saturated rings. The molecule has 5 nitrogen and oxygen atoms in total. The zero-order valence-corrected chi connectivity index (χ0v) is 17.3. The monoisotopic (exact) mass is 428 g/mol. The molecule has 1 aliphatic carbocycles. The molecule has 0 bridgehead atoms. The molecule has 0 spiro atoms. The molecule has 0 aliphatic heterocycles. The van der Waals surface area contributed by atoms with Crippen molar-refractivity contribution in [1.29, 1.82) is 0 Å². The largest absolute Gasteiger partial charge is 0.328 e. The second-order valence-corrected chi connectivity index (χ2v) is 8.68. The summed E-state index contributed by atoms with van der Waals surface area (Å²) >= 11 is 1.02. The molecule has 2 aromatic heterocycles. The van der Waals surface area contributed by atoms with Crippen LogP contribution in [0.25, 0.3) is 10.6 Å². The van der Waals surface area contributed by atoms with Crippen molar-refractivity contribution >= 4 is 22.9 Å². The molecule has 0 radical (unpaired) electrons. The average Bonchev–Trinajstić information content (AvgIpc) is 3.17. The van der Waals surface area contributed by atoms with E-state index in [9.17, 15) is 13.6 Å². The lowest BCUT2D eigenvalue weighted by atomic mass is 9.76. The minimum Gasteiger partial charge on any atom is -0.328 e. The van der Waals surface area contributed by atoms with Crippen molar-refractivity contribution < 1.29 is 13.6 Å². The molecule has 3 atom stereocenters. The highest BCUT2D eigenvalue weighted by Gasteiger charge is 2.27. The first-order valence-corrected chi connectivity index (χ1v) is 10.7. The van der Waals surface area contributed by atoms with Gasteiger partial charge in [-0.25, -0.2) is 13.8 Å². The molecule has 1 amide bonds. The van der Waals surface area contributed by atoms with Crippen LogP contribution < -0.4 is 11.1 Å². The number of rotatable bonds is 4. The van der Waals surface area contributed by atoms with Crippen LogP contribution in [0.15, 0.2) is 42.0 Å². The fourth-order valence-corrected chi connectivity index (χ4v) is 5.00. The third kappa shape index (κ3) is 4.24. The number of hydrogen-bond acceptors (Lipinski definition) is 5. The molecule has 0 unspecified atom stereocenters. The molecule has 3 N–H and O–H groups in total. The second kappa shape index (κ2) is 8.57. The number of thiazole rings is 1. The molecule has 1 saturated carbocycles. The molecule has 8 heteroatoms. The van der Waals surface area contributed by atoms with Crippen molar-refractivity contribution in [3.05, 3.63) is 64.9 Å². The Morgan fingerprint density at radius 2 is 1.97 bits per heavy atom. The molecule has 1 aromatic carbocycles. The number of aromatic nitrogens is 2. The predicted molar refractivity (Wildman–Crippen MR) is 113 cm³/mol. The summed E-state index contributed by atoms with van der Waals surface area (Å²) < 4.78 is 28.0. The van der Waals surface area contributed by atoms with Gasteiger partial charge in [-0.2, -0.15) is 0 Å². The van der Waals surface area contributed by atoms with E-state index in [-0.39, 0.29) is 28.2 Å². The van der Waals surface area contributed by atoms with Gasteiger partial charge >= 0.3 is 0 Å². The van der Waals surface area contributed by atoms with Crippen LogP contribution in [0.1, 0.15) is 48.2 Å². The van der Waals surface area contributed by atoms with Crippen LogP contribution >= 0.6 is 11.3 Å². The molecular weight excluding hydrogens is 406 g/mol. The van der Waals surface area contributed by atoms with Gasteiger partial charge in [0.2, 0.25) is 0 Å². The number of hydrogen-bond donors (Lipinski definition) is 2. The number of halogens is 2. The van der Waals surface area contributed by atoms with Crippen LogP contribution in [0.4, 0.5) is 14.5 Å². The van der Waals surface area contributed by atoms with Crippen molar-refractivity contribution in [3.63, 3.8) is 0 Å². The van der Waals surface area contributed by atoms with E-state index in [1.807, 2.05) is 6.07 Å². The van der Waals surface area contributed by atoms with E-state index in [2.05, 4.69) is 22.2 Å². The third-order valence-corrected chi connectivity index (χ3v) is 6.30. The summed E-state index contributed by atoms with van der Waals surface area (Å²) in [5, 5.41) is 4.47. The highest BCUT2D eigenvalue weighted by molar-refractivity contribution is 7.13. The first kappa shape index (κ1) is 20.6. The minimum absolute atomic E-state index is 0.0983. The second-order valence-electron chi connectivity index (χ2n) is 7.82. The molecule has 0 saturated heterocycles. The van der Waals surface area contributed by atoms with Crippen LogP contribution in [0.5, 0.6) is 0 Å². The summed E-state index contributed by atoms with van der Waals surface area (Å²) in [7, 11) is 0. The fourth-order valence-electron chi connectivity index (χ4n) is 4.16. The van der Waals surface area contributed by atoms with Gasteiger partial charge < -0.3 is 11.1 Å². The van der Waals surface area contributed by atoms with Crippen molar-refractivity contribution in [1.82, 2.24) is 9.97 Å². The van der Waals surface area contributed by atoms with Crippen molar-refractivity contribution in [2.24, 2.45) is 11.7 Å². The zero-order chi connectivity index (χ0) is 21.3. The Kier molecular flexibility index (Phi) is 5.87. The summed E-state index contributed by atoms with van der Waals surface area (Å²) in [6, 6.07) is 5.66. The number of nitrogens with one attached hydrogen (secondary N) is 1. The lowest BCUT2D eigenvalue weighted by Gasteiger charge is -2.32. The SMILES string of the molecule is C[C@@H]1C[C@H](N)C[C@H](c2ccncc2NC(=O)c2csc(-c3c(F)cccc3F)n2)C1. The van der Waals surface area contributed by atoms with E-state index in [1.54, 1.807) is 12.4 Å². The van der Waals surface area contributed by atoms with E-state index in [4.69, 9.17) is 5.73 Å². The predicted octanol–water partition coefficient (Wildman–Crippen LogP) is 4.97. The molecule has 1 aliphatic rings. The quantitative estimate of drug-likeness (QED) is 0.615. The highest BCUT2D eigenvalue weighted by Crippen LogP contribution is 2.38. The number of carbonyl (C=O) groups is 1. The van der Waals surface area contributed by atoms with Gasteiger partial charge in [0.25, 0.3) is 5.91 Å². The van der Waals surface area contributed by atoms with Crippen LogP contribution in [0.3, 0.4) is 0 Å². The van der Waals surface area contributed by atoms with Gasteiger partial charge in [-0.15, -0.1) is 11.3 Å². The van der Waals surface area contributed by atoms with E-state index in [0.717, 1.165) is 48.3 Å². The van der Waals surface area contributed by atoms with E-state index in [0.29, 0.717) is 11.6 Å². The van der Waals surface area contributed by atoms with Crippen LogP contribution in [-0.2, 0) is 0 Å². The maximum Gasteiger partial charge on any atom is 0.275 e. The Balaban J connectivity index is 1.57. The average molecular weight is 429 g/mol.